The van der Waals surface area contributed by atoms with Crippen LogP contribution in [-0.4, -0.2) is 11.1 Å². The number of rotatable bonds is 5. The molecule has 0 saturated carbocycles. The van der Waals surface area contributed by atoms with Gasteiger partial charge in [-0.15, -0.1) is 0 Å². The van der Waals surface area contributed by atoms with E-state index in [9.17, 15) is 9.18 Å². The summed E-state index contributed by atoms with van der Waals surface area (Å²) in [6.07, 6.45) is 0.956. The highest BCUT2D eigenvalue weighted by molar-refractivity contribution is 5.87. The summed E-state index contributed by atoms with van der Waals surface area (Å²) in [7, 11) is 0. The van der Waals surface area contributed by atoms with Gasteiger partial charge in [-0.3, -0.25) is 0 Å². The molecule has 0 radical (unpaired) electrons. The van der Waals surface area contributed by atoms with E-state index in [1.165, 1.54) is 17.7 Å². The molecule has 0 fully saturated rings. The zero-order valence-electron chi connectivity index (χ0n) is 11.2. The van der Waals surface area contributed by atoms with Gasteiger partial charge in [-0.1, -0.05) is 25.1 Å². The normalized spacial score (nSPS) is 10.3. The van der Waals surface area contributed by atoms with Crippen LogP contribution < -0.4 is 5.32 Å². The Morgan fingerprint density at radius 1 is 1.20 bits per heavy atom. The van der Waals surface area contributed by atoms with Crippen LogP contribution in [0.5, 0.6) is 0 Å². The fraction of sp³-hybridized carbons (Fsp3) is 0.188. The lowest BCUT2D eigenvalue weighted by Gasteiger charge is -2.08. The van der Waals surface area contributed by atoms with E-state index in [0.717, 1.165) is 12.1 Å². The van der Waals surface area contributed by atoms with Crippen LogP contribution in [0, 0.1) is 5.82 Å². The molecule has 0 saturated heterocycles. The van der Waals surface area contributed by atoms with Gasteiger partial charge in [0, 0.05) is 12.2 Å². The standard InChI is InChI=1S/C16H16FNO2/c1-2-11-4-3-5-13(8-11)18-10-12-6-7-14(16(19)20)15(17)9-12/h3-9,18H,2,10H2,1H3,(H,19,20). The van der Waals surface area contributed by atoms with E-state index in [1.807, 2.05) is 24.3 Å². The molecule has 2 rings (SSSR count). The molecule has 4 heteroatoms. The molecule has 0 amide bonds. The fourth-order valence-corrected chi connectivity index (χ4v) is 1.95. The summed E-state index contributed by atoms with van der Waals surface area (Å²) in [5, 5.41) is 12.0. The predicted molar refractivity (Wildman–Crippen MR) is 76.5 cm³/mol. The molecule has 0 aliphatic heterocycles. The number of hydrogen-bond donors (Lipinski definition) is 2. The smallest absolute Gasteiger partial charge is 0.338 e. The number of carboxylic acid groups (broad SMARTS) is 1. The van der Waals surface area contributed by atoms with Crippen molar-refractivity contribution in [1.82, 2.24) is 0 Å². The molecule has 0 heterocycles. The summed E-state index contributed by atoms with van der Waals surface area (Å²) >= 11 is 0. The molecular formula is C16H16FNO2. The van der Waals surface area contributed by atoms with Crippen molar-refractivity contribution in [2.75, 3.05) is 5.32 Å². The van der Waals surface area contributed by atoms with Crippen LogP contribution in [0.25, 0.3) is 0 Å². The summed E-state index contributed by atoms with van der Waals surface area (Å²) in [6, 6.07) is 12.2. The van der Waals surface area contributed by atoms with Crippen molar-refractivity contribution in [3.8, 4) is 0 Å². The maximum Gasteiger partial charge on any atom is 0.338 e. The molecule has 0 aromatic heterocycles. The van der Waals surface area contributed by atoms with Crippen molar-refractivity contribution in [2.24, 2.45) is 0 Å². The molecule has 0 atom stereocenters. The van der Waals surface area contributed by atoms with Gasteiger partial charge in [0.2, 0.25) is 0 Å². The van der Waals surface area contributed by atoms with Crippen LogP contribution in [0.3, 0.4) is 0 Å². The zero-order valence-corrected chi connectivity index (χ0v) is 11.2. The third-order valence-corrected chi connectivity index (χ3v) is 3.10. The Labute approximate surface area is 117 Å². The molecule has 2 aromatic rings. The number of anilines is 1. The first-order valence-electron chi connectivity index (χ1n) is 6.44. The highest BCUT2D eigenvalue weighted by atomic mass is 19.1. The molecule has 0 bridgehead atoms. The van der Waals surface area contributed by atoms with Crippen molar-refractivity contribution < 1.29 is 14.3 Å². The maximum atomic E-state index is 13.5. The molecule has 2 aromatic carbocycles. The Kier molecular flexibility index (Phi) is 4.35. The highest BCUT2D eigenvalue weighted by Crippen LogP contribution is 2.15. The van der Waals surface area contributed by atoms with Crippen LogP contribution >= 0.6 is 0 Å². The monoisotopic (exact) mass is 273 g/mol. The van der Waals surface area contributed by atoms with E-state index in [0.29, 0.717) is 12.1 Å². The first kappa shape index (κ1) is 14.1. The molecule has 0 spiro atoms. The molecule has 2 N–H and O–H groups in total. The molecule has 0 aliphatic carbocycles. The number of carboxylic acids is 1. The van der Waals surface area contributed by atoms with Crippen molar-refractivity contribution in [2.45, 2.75) is 19.9 Å². The second-order valence-electron chi connectivity index (χ2n) is 4.53. The van der Waals surface area contributed by atoms with E-state index < -0.39 is 11.8 Å². The van der Waals surface area contributed by atoms with Gasteiger partial charge in [0.05, 0.1) is 5.56 Å². The number of aromatic carboxylic acids is 1. The van der Waals surface area contributed by atoms with Gasteiger partial charge < -0.3 is 10.4 Å². The number of hydrogen-bond acceptors (Lipinski definition) is 2. The van der Waals surface area contributed by atoms with E-state index >= 15 is 0 Å². The summed E-state index contributed by atoms with van der Waals surface area (Å²) < 4.78 is 13.5. The third-order valence-electron chi connectivity index (χ3n) is 3.10. The summed E-state index contributed by atoms with van der Waals surface area (Å²) in [5.74, 6) is -1.96. The highest BCUT2D eigenvalue weighted by Gasteiger charge is 2.10. The minimum Gasteiger partial charge on any atom is -0.478 e. The average Bonchev–Trinajstić information content (AvgIpc) is 2.45. The molecule has 0 unspecified atom stereocenters. The number of benzene rings is 2. The van der Waals surface area contributed by atoms with Gasteiger partial charge in [-0.25, -0.2) is 9.18 Å². The lowest BCUT2D eigenvalue weighted by atomic mass is 10.1. The minimum atomic E-state index is -1.25. The quantitative estimate of drug-likeness (QED) is 0.873. The van der Waals surface area contributed by atoms with Gasteiger partial charge in [0.25, 0.3) is 0 Å². The van der Waals surface area contributed by atoms with Crippen LogP contribution in [-0.2, 0) is 13.0 Å². The van der Waals surface area contributed by atoms with Gasteiger partial charge in [0.1, 0.15) is 5.82 Å². The topological polar surface area (TPSA) is 49.3 Å². The van der Waals surface area contributed by atoms with Crippen molar-refractivity contribution in [3.05, 3.63) is 65.0 Å². The Morgan fingerprint density at radius 3 is 2.65 bits per heavy atom. The van der Waals surface area contributed by atoms with E-state index in [-0.39, 0.29) is 5.56 Å². The van der Waals surface area contributed by atoms with Crippen LogP contribution in [0.1, 0.15) is 28.4 Å². The van der Waals surface area contributed by atoms with Crippen LogP contribution in [0.2, 0.25) is 0 Å². The Balaban J connectivity index is 2.07. The lowest BCUT2D eigenvalue weighted by molar-refractivity contribution is 0.0692. The maximum absolute atomic E-state index is 13.5. The first-order chi connectivity index (χ1) is 9.60. The zero-order chi connectivity index (χ0) is 14.5. The van der Waals surface area contributed by atoms with Crippen LogP contribution in [0.15, 0.2) is 42.5 Å². The molecule has 0 aliphatic rings. The Hall–Kier alpha value is -2.36. The van der Waals surface area contributed by atoms with Gasteiger partial charge >= 0.3 is 5.97 Å². The summed E-state index contributed by atoms with van der Waals surface area (Å²) in [5.41, 5.74) is 2.59. The molecular weight excluding hydrogens is 257 g/mol. The Morgan fingerprint density at radius 2 is 2.00 bits per heavy atom. The molecule has 3 nitrogen and oxygen atoms in total. The number of aryl methyl sites for hydroxylation is 1. The van der Waals surface area contributed by atoms with Gasteiger partial charge in [-0.05, 0) is 41.8 Å². The SMILES string of the molecule is CCc1cccc(NCc2ccc(C(=O)O)c(F)c2)c1. The second kappa shape index (κ2) is 6.19. The Bertz CT molecular complexity index is 626. The minimum absolute atomic E-state index is 0.304. The average molecular weight is 273 g/mol. The summed E-state index contributed by atoms with van der Waals surface area (Å²) in [6.45, 7) is 2.53. The van der Waals surface area contributed by atoms with Gasteiger partial charge in [-0.2, -0.15) is 0 Å². The van der Waals surface area contributed by atoms with Crippen molar-refractivity contribution in [3.63, 3.8) is 0 Å². The first-order valence-corrected chi connectivity index (χ1v) is 6.44. The van der Waals surface area contributed by atoms with Crippen LogP contribution in [0.4, 0.5) is 10.1 Å². The van der Waals surface area contributed by atoms with E-state index in [4.69, 9.17) is 5.11 Å². The number of carbonyl (C=O) groups is 1. The number of nitrogens with one attached hydrogen (secondary N) is 1. The largest absolute Gasteiger partial charge is 0.478 e. The fourth-order valence-electron chi connectivity index (χ4n) is 1.95. The molecule has 104 valence electrons. The summed E-state index contributed by atoms with van der Waals surface area (Å²) in [4.78, 5) is 10.7. The number of halogens is 1. The van der Waals surface area contributed by atoms with Gasteiger partial charge in [0.15, 0.2) is 0 Å². The second-order valence-corrected chi connectivity index (χ2v) is 4.53. The van der Waals surface area contributed by atoms with E-state index in [1.54, 1.807) is 6.07 Å². The molecule has 20 heavy (non-hydrogen) atoms. The van der Waals surface area contributed by atoms with Crippen molar-refractivity contribution in [1.29, 1.82) is 0 Å². The van der Waals surface area contributed by atoms with E-state index in [2.05, 4.69) is 12.2 Å². The lowest BCUT2D eigenvalue weighted by Crippen LogP contribution is -2.04. The van der Waals surface area contributed by atoms with Crippen molar-refractivity contribution >= 4 is 11.7 Å². The third kappa shape index (κ3) is 3.35. The predicted octanol–water partition coefficient (Wildman–Crippen LogP) is 3.70.